The van der Waals surface area contributed by atoms with Gasteiger partial charge in [-0.1, -0.05) is 33.8 Å². The van der Waals surface area contributed by atoms with E-state index in [4.69, 9.17) is 0 Å². The summed E-state index contributed by atoms with van der Waals surface area (Å²) in [5, 5.41) is 2.25. The van der Waals surface area contributed by atoms with Crippen molar-refractivity contribution in [3.8, 4) is 0 Å². The predicted molar refractivity (Wildman–Crippen MR) is 92.3 cm³/mol. The molecule has 1 aliphatic heterocycles. The lowest BCUT2D eigenvalue weighted by atomic mass is 10.2. The molecule has 0 spiro atoms. The third-order valence-corrected chi connectivity index (χ3v) is 3.11. The first-order valence-corrected chi connectivity index (χ1v) is 8.28. The van der Waals surface area contributed by atoms with Crippen LogP contribution in [0.2, 0.25) is 0 Å². The molecule has 0 atom stereocenters. The molecule has 2 rings (SSSR count). The Hall–Kier alpha value is -2.11. The lowest BCUT2D eigenvalue weighted by Gasteiger charge is -2.26. The minimum Gasteiger partial charge on any atom is -0.319 e. The second kappa shape index (κ2) is 10.6. The third-order valence-electron chi connectivity index (χ3n) is 3.11. The lowest BCUT2D eigenvalue weighted by Crippen LogP contribution is -2.49. The molecule has 1 saturated heterocycles. The molecule has 0 saturated carbocycles. The van der Waals surface area contributed by atoms with Crippen LogP contribution in [0.1, 0.15) is 59.6 Å². The first kappa shape index (κ1) is 20.9. The van der Waals surface area contributed by atoms with Gasteiger partial charge in [0.1, 0.15) is 0 Å². The summed E-state index contributed by atoms with van der Waals surface area (Å²) >= 11 is 0. The standard InChI is InChI=1S/C13H17N3O3.2C2H6/c1-9(2)16-6-3-4-10(12(16)18)8-15-7-5-11(17)14-13(15)19;2*1-2/h3-4,6,9H,5,7-8H2,1-2H3,(H,14,17,19);2*1-2H3. The fraction of sp³-hybridized carbons (Fsp3) is 0.588. The quantitative estimate of drug-likeness (QED) is 0.929. The van der Waals surface area contributed by atoms with Gasteiger partial charge in [0.25, 0.3) is 5.56 Å². The minimum atomic E-state index is -0.435. The molecule has 0 aromatic carbocycles. The van der Waals surface area contributed by atoms with Crippen molar-refractivity contribution in [3.05, 3.63) is 34.2 Å². The van der Waals surface area contributed by atoms with E-state index in [0.29, 0.717) is 12.1 Å². The van der Waals surface area contributed by atoms with Gasteiger partial charge in [-0.15, -0.1) is 0 Å². The molecule has 1 N–H and O–H groups in total. The number of urea groups is 1. The Balaban J connectivity index is 0.00000112. The molecule has 3 amide bonds. The highest BCUT2D eigenvalue weighted by Crippen LogP contribution is 2.07. The summed E-state index contributed by atoms with van der Waals surface area (Å²) in [5.41, 5.74) is 0.461. The third kappa shape index (κ3) is 5.88. The highest BCUT2D eigenvalue weighted by Gasteiger charge is 2.23. The second-order valence-corrected chi connectivity index (χ2v) is 4.86. The number of carbonyl (C=O) groups is 2. The van der Waals surface area contributed by atoms with Gasteiger partial charge >= 0.3 is 6.03 Å². The highest BCUT2D eigenvalue weighted by atomic mass is 16.2. The van der Waals surface area contributed by atoms with Gasteiger partial charge in [-0.2, -0.15) is 0 Å². The molecule has 0 unspecified atom stereocenters. The van der Waals surface area contributed by atoms with Crippen LogP contribution in [0.4, 0.5) is 4.79 Å². The van der Waals surface area contributed by atoms with Crippen LogP contribution in [0.25, 0.3) is 0 Å². The van der Waals surface area contributed by atoms with E-state index in [-0.39, 0.29) is 30.5 Å². The molecular formula is C17H29N3O3. The average Bonchev–Trinajstić information content (AvgIpc) is 2.55. The van der Waals surface area contributed by atoms with Crippen LogP contribution < -0.4 is 10.9 Å². The van der Waals surface area contributed by atoms with Gasteiger partial charge in [0, 0.05) is 30.8 Å². The number of imide groups is 1. The SMILES string of the molecule is CC.CC.CC(C)n1cccc(CN2CCC(=O)NC2=O)c1=O. The summed E-state index contributed by atoms with van der Waals surface area (Å²) in [7, 11) is 0. The fourth-order valence-corrected chi connectivity index (χ4v) is 2.04. The number of hydrogen-bond acceptors (Lipinski definition) is 3. The normalized spacial score (nSPS) is 13.6. The first-order valence-electron chi connectivity index (χ1n) is 8.28. The van der Waals surface area contributed by atoms with Crippen LogP contribution in [0.15, 0.2) is 23.1 Å². The predicted octanol–water partition coefficient (Wildman–Crippen LogP) is 2.92. The Morgan fingerprint density at radius 2 is 1.74 bits per heavy atom. The van der Waals surface area contributed by atoms with Crippen molar-refractivity contribution >= 4 is 11.9 Å². The summed E-state index contributed by atoms with van der Waals surface area (Å²) in [6.45, 7) is 12.4. The maximum Gasteiger partial charge on any atom is 0.324 e. The molecule has 0 radical (unpaired) electrons. The van der Waals surface area contributed by atoms with E-state index in [1.165, 1.54) is 4.90 Å². The maximum absolute atomic E-state index is 12.2. The number of pyridine rings is 1. The van der Waals surface area contributed by atoms with E-state index >= 15 is 0 Å². The van der Waals surface area contributed by atoms with E-state index in [1.807, 2.05) is 41.5 Å². The van der Waals surface area contributed by atoms with Crippen molar-refractivity contribution in [2.24, 2.45) is 0 Å². The number of carbonyl (C=O) groups excluding carboxylic acids is 2. The summed E-state index contributed by atoms with van der Waals surface area (Å²) < 4.78 is 1.63. The van der Waals surface area contributed by atoms with Gasteiger partial charge in [0.05, 0.1) is 6.54 Å². The Kier molecular flexibility index (Phi) is 9.62. The zero-order valence-electron chi connectivity index (χ0n) is 15.0. The van der Waals surface area contributed by atoms with E-state index < -0.39 is 6.03 Å². The Morgan fingerprint density at radius 3 is 2.26 bits per heavy atom. The molecule has 6 heteroatoms. The summed E-state index contributed by atoms with van der Waals surface area (Å²) in [6, 6.07) is 3.15. The number of nitrogens with one attached hydrogen (secondary N) is 1. The number of nitrogens with zero attached hydrogens (tertiary/aromatic N) is 2. The second-order valence-electron chi connectivity index (χ2n) is 4.86. The number of amides is 3. The molecule has 1 aromatic rings. The van der Waals surface area contributed by atoms with Crippen LogP contribution >= 0.6 is 0 Å². The molecule has 0 bridgehead atoms. The number of hydrogen-bond donors (Lipinski definition) is 1. The average molecular weight is 323 g/mol. The van der Waals surface area contributed by atoms with Gasteiger partial charge < -0.3 is 9.47 Å². The molecule has 1 fully saturated rings. The zero-order chi connectivity index (χ0) is 18.0. The zero-order valence-corrected chi connectivity index (χ0v) is 15.0. The summed E-state index contributed by atoms with van der Waals surface area (Å²) in [4.78, 5) is 36.3. The molecule has 6 nitrogen and oxygen atoms in total. The summed E-state index contributed by atoms with van der Waals surface area (Å²) in [5.74, 6) is -0.270. The molecule has 1 aliphatic rings. The van der Waals surface area contributed by atoms with Gasteiger partial charge in [-0.05, 0) is 19.9 Å². The number of aromatic nitrogens is 1. The van der Waals surface area contributed by atoms with E-state index in [0.717, 1.165) is 0 Å². The maximum atomic E-state index is 12.2. The van der Waals surface area contributed by atoms with Crippen LogP contribution in [-0.2, 0) is 11.3 Å². The summed E-state index contributed by atoms with van der Waals surface area (Å²) in [6.07, 6.45) is 2.01. The van der Waals surface area contributed by atoms with Crippen molar-refractivity contribution in [1.82, 2.24) is 14.8 Å². The van der Waals surface area contributed by atoms with Crippen LogP contribution in [-0.4, -0.2) is 28.0 Å². The van der Waals surface area contributed by atoms with Crippen molar-refractivity contribution < 1.29 is 9.59 Å². The van der Waals surface area contributed by atoms with Gasteiger partial charge in [0.2, 0.25) is 5.91 Å². The molecular weight excluding hydrogens is 294 g/mol. The first-order chi connectivity index (χ1) is 11.0. The van der Waals surface area contributed by atoms with Gasteiger partial charge in [0.15, 0.2) is 0 Å². The van der Waals surface area contributed by atoms with Crippen molar-refractivity contribution in [2.75, 3.05) is 6.54 Å². The molecule has 2 heterocycles. The topological polar surface area (TPSA) is 71.4 Å². The molecule has 23 heavy (non-hydrogen) atoms. The number of rotatable bonds is 3. The molecule has 130 valence electrons. The van der Waals surface area contributed by atoms with E-state index in [1.54, 1.807) is 22.9 Å². The van der Waals surface area contributed by atoms with Crippen molar-refractivity contribution in [2.45, 2.75) is 60.5 Å². The van der Waals surface area contributed by atoms with Crippen LogP contribution in [0.3, 0.4) is 0 Å². The Bertz CT molecular complexity index is 564. The Morgan fingerprint density at radius 1 is 1.13 bits per heavy atom. The van der Waals surface area contributed by atoms with Crippen LogP contribution in [0.5, 0.6) is 0 Å². The van der Waals surface area contributed by atoms with E-state index in [9.17, 15) is 14.4 Å². The largest absolute Gasteiger partial charge is 0.324 e. The van der Waals surface area contributed by atoms with E-state index in [2.05, 4.69) is 5.32 Å². The van der Waals surface area contributed by atoms with Crippen LogP contribution in [0, 0.1) is 0 Å². The van der Waals surface area contributed by atoms with Crippen molar-refractivity contribution in [1.29, 1.82) is 0 Å². The Labute approximate surface area is 138 Å². The van der Waals surface area contributed by atoms with Crippen molar-refractivity contribution in [3.63, 3.8) is 0 Å². The highest BCUT2D eigenvalue weighted by molar-refractivity contribution is 5.96. The molecule has 0 aliphatic carbocycles. The molecule has 1 aromatic heterocycles. The lowest BCUT2D eigenvalue weighted by molar-refractivity contribution is -0.121. The van der Waals surface area contributed by atoms with Gasteiger partial charge in [-0.3, -0.25) is 14.9 Å². The van der Waals surface area contributed by atoms with Gasteiger partial charge in [-0.25, -0.2) is 4.79 Å². The minimum absolute atomic E-state index is 0.0733. The smallest absolute Gasteiger partial charge is 0.319 e. The monoisotopic (exact) mass is 323 g/mol. The fourth-order valence-electron chi connectivity index (χ4n) is 2.04.